The molecule has 1 aromatic heterocycles. The van der Waals surface area contributed by atoms with Gasteiger partial charge in [0.05, 0.1) is 11.4 Å². The van der Waals surface area contributed by atoms with E-state index in [1.165, 1.54) is 4.90 Å². The van der Waals surface area contributed by atoms with E-state index in [0.29, 0.717) is 58.8 Å². The second-order valence-corrected chi connectivity index (χ2v) is 9.19. The Hall–Kier alpha value is -3.42. The molecular formula is C26H23Cl2N5O2. The second kappa shape index (κ2) is 10.1. The summed E-state index contributed by atoms with van der Waals surface area (Å²) in [6.07, 6.45) is 1.76. The third-order valence-corrected chi connectivity index (χ3v) is 6.77. The summed E-state index contributed by atoms with van der Waals surface area (Å²) in [7, 11) is 0. The molecule has 2 amide bonds. The summed E-state index contributed by atoms with van der Waals surface area (Å²) in [5, 5.41) is 1.04. The van der Waals surface area contributed by atoms with Gasteiger partial charge in [-0.1, -0.05) is 47.5 Å². The first-order chi connectivity index (χ1) is 17.0. The van der Waals surface area contributed by atoms with Crippen molar-refractivity contribution < 1.29 is 9.59 Å². The number of nitrogens with zero attached hydrogens (tertiary/aromatic N) is 5. The number of hydrogen-bond acceptors (Lipinski definition) is 5. The highest BCUT2D eigenvalue weighted by Crippen LogP contribution is 2.31. The van der Waals surface area contributed by atoms with E-state index in [9.17, 15) is 9.59 Å². The first kappa shape index (κ1) is 23.3. The third-order valence-electron chi connectivity index (χ3n) is 6.21. The molecule has 2 aliphatic heterocycles. The number of benzene rings is 2. The molecule has 1 saturated heterocycles. The highest BCUT2D eigenvalue weighted by atomic mass is 35.5. The van der Waals surface area contributed by atoms with E-state index in [2.05, 4.69) is 14.9 Å². The van der Waals surface area contributed by atoms with Gasteiger partial charge in [-0.3, -0.25) is 14.6 Å². The Morgan fingerprint density at radius 1 is 0.914 bits per heavy atom. The van der Waals surface area contributed by atoms with Crippen LogP contribution in [-0.2, 0) is 9.59 Å². The number of aliphatic imine (C=N–C) groups is 1. The van der Waals surface area contributed by atoms with Crippen LogP contribution in [0.1, 0.15) is 11.1 Å². The molecule has 2 aliphatic rings. The number of amides is 2. The molecular weight excluding hydrogens is 485 g/mol. The Labute approximate surface area is 213 Å². The molecule has 0 bridgehead atoms. The fourth-order valence-electron chi connectivity index (χ4n) is 4.40. The summed E-state index contributed by atoms with van der Waals surface area (Å²) in [6, 6.07) is 18.4. The van der Waals surface area contributed by atoms with Crippen LogP contribution in [0, 0.1) is 0 Å². The van der Waals surface area contributed by atoms with E-state index in [0.717, 1.165) is 5.82 Å². The lowest BCUT2D eigenvalue weighted by atomic mass is 10.00. The molecule has 0 saturated carbocycles. The number of rotatable bonds is 4. The lowest BCUT2D eigenvalue weighted by Crippen LogP contribution is -2.52. The van der Waals surface area contributed by atoms with Gasteiger partial charge in [-0.05, 0) is 36.4 Å². The number of carbonyl (C=O) groups excluding carboxylic acids is 2. The lowest BCUT2D eigenvalue weighted by Gasteiger charge is -2.36. The predicted octanol–water partition coefficient (Wildman–Crippen LogP) is 3.92. The molecule has 3 aromatic rings. The number of hydrogen-bond donors (Lipinski definition) is 0. The Morgan fingerprint density at radius 3 is 2.43 bits per heavy atom. The molecule has 0 N–H and O–H groups in total. The number of anilines is 2. The minimum absolute atomic E-state index is 0.0671. The Kier molecular flexibility index (Phi) is 6.70. The van der Waals surface area contributed by atoms with E-state index < -0.39 is 0 Å². The number of fused-ring (bicyclic) bond motifs is 1. The van der Waals surface area contributed by atoms with E-state index in [-0.39, 0.29) is 24.9 Å². The number of benzodiazepines with no additional fused rings is 1. The number of aromatic nitrogens is 1. The number of halogens is 2. The van der Waals surface area contributed by atoms with Crippen LogP contribution in [0.5, 0.6) is 0 Å². The van der Waals surface area contributed by atoms with Gasteiger partial charge in [-0.2, -0.15) is 0 Å². The van der Waals surface area contributed by atoms with E-state index >= 15 is 0 Å². The van der Waals surface area contributed by atoms with Gasteiger partial charge < -0.3 is 14.7 Å². The highest BCUT2D eigenvalue weighted by Gasteiger charge is 2.30. The predicted molar refractivity (Wildman–Crippen MR) is 139 cm³/mol. The standard InChI is InChI=1S/C26H23Cl2N5O2/c27-18-8-9-22-20(15-18)26(19-5-1-2-6-21(19)28)30-16-24(34)33(22)17-25(35)32-13-11-31(12-14-32)23-7-3-4-10-29-23/h1-10,15H,11-14,16-17H2. The largest absolute Gasteiger partial charge is 0.353 e. The minimum atomic E-state index is -0.254. The summed E-state index contributed by atoms with van der Waals surface area (Å²) in [4.78, 5) is 40.8. The first-order valence-corrected chi connectivity index (χ1v) is 12.1. The van der Waals surface area contributed by atoms with Crippen molar-refractivity contribution in [2.24, 2.45) is 4.99 Å². The third kappa shape index (κ3) is 4.88. The normalized spacial score (nSPS) is 16.0. The van der Waals surface area contributed by atoms with E-state index in [4.69, 9.17) is 23.2 Å². The fourth-order valence-corrected chi connectivity index (χ4v) is 4.80. The second-order valence-electron chi connectivity index (χ2n) is 8.34. The van der Waals surface area contributed by atoms with E-state index in [1.807, 2.05) is 36.4 Å². The smallest absolute Gasteiger partial charge is 0.249 e. The molecule has 1 fully saturated rings. The first-order valence-electron chi connectivity index (χ1n) is 11.3. The van der Waals surface area contributed by atoms with Gasteiger partial charge in [0.15, 0.2) is 0 Å². The number of carbonyl (C=O) groups is 2. The molecule has 9 heteroatoms. The van der Waals surface area contributed by atoms with Crippen LogP contribution in [0.3, 0.4) is 0 Å². The molecule has 5 rings (SSSR count). The fraction of sp³-hybridized carbons (Fsp3) is 0.231. The molecule has 0 aliphatic carbocycles. The van der Waals surface area contributed by atoms with Crippen LogP contribution in [0.4, 0.5) is 11.5 Å². The summed E-state index contributed by atoms with van der Waals surface area (Å²) >= 11 is 12.8. The molecule has 3 heterocycles. The highest BCUT2D eigenvalue weighted by molar-refractivity contribution is 6.37. The van der Waals surface area contributed by atoms with Gasteiger partial charge >= 0.3 is 0 Å². The molecule has 0 atom stereocenters. The molecule has 0 spiro atoms. The van der Waals surface area contributed by atoms with Crippen molar-refractivity contribution in [1.82, 2.24) is 9.88 Å². The lowest BCUT2D eigenvalue weighted by molar-refractivity contribution is -0.131. The average molecular weight is 508 g/mol. The van der Waals surface area contributed by atoms with Crippen LogP contribution >= 0.6 is 23.2 Å². The van der Waals surface area contributed by atoms with Crippen molar-refractivity contribution in [2.75, 3.05) is 49.1 Å². The van der Waals surface area contributed by atoms with Gasteiger partial charge in [0.2, 0.25) is 11.8 Å². The zero-order chi connectivity index (χ0) is 24.4. The van der Waals surface area contributed by atoms with Crippen LogP contribution in [0.25, 0.3) is 0 Å². The Bertz CT molecular complexity index is 1290. The van der Waals surface area contributed by atoms with Gasteiger partial charge in [0.1, 0.15) is 18.9 Å². The Balaban J connectivity index is 1.37. The molecule has 35 heavy (non-hydrogen) atoms. The average Bonchev–Trinajstić information content (AvgIpc) is 3.01. The Morgan fingerprint density at radius 2 is 1.69 bits per heavy atom. The molecule has 7 nitrogen and oxygen atoms in total. The van der Waals surface area contributed by atoms with E-state index in [1.54, 1.807) is 35.4 Å². The maximum atomic E-state index is 13.3. The summed E-state index contributed by atoms with van der Waals surface area (Å²) in [6.45, 7) is 2.33. The van der Waals surface area contributed by atoms with Crippen molar-refractivity contribution in [3.05, 3.63) is 88.0 Å². The van der Waals surface area contributed by atoms with Crippen molar-refractivity contribution >= 4 is 52.2 Å². The number of piperazine rings is 1. The van der Waals surface area contributed by atoms with Crippen LogP contribution in [0.2, 0.25) is 10.0 Å². The molecule has 0 unspecified atom stereocenters. The zero-order valence-electron chi connectivity index (χ0n) is 18.9. The SMILES string of the molecule is O=C(CN1C(=O)CN=C(c2ccccc2Cl)c2cc(Cl)ccc21)N1CCN(c2ccccn2)CC1. The van der Waals surface area contributed by atoms with Gasteiger partial charge in [-0.15, -0.1) is 0 Å². The molecule has 0 radical (unpaired) electrons. The van der Waals surface area contributed by atoms with Gasteiger partial charge in [0, 0.05) is 53.5 Å². The quantitative estimate of drug-likeness (QED) is 0.536. The van der Waals surface area contributed by atoms with Crippen molar-refractivity contribution in [3.8, 4) is 0 Å². The molecule has 2 aromatic carbocycles. The van der Waals surface area contributed by atoms with Crippen molar-refractivity contribution in [3.63, 3.8) is 0 Å². The van der Waals surface area contributed by atoms with Crippen LogP contribution in [0.15, 0.2) is 71.9 Å². The maximum absolute atomic E-state index is 13.3. The summed E-state index contributed by atoms with van der Waals surface area (Å²) < 4.78 is 0. The molecule has 178 valence electrons. The topological polar surface area (TPSA) is 69.1 Å². The minimum Gasteiger partial charge on any atom is -0.353 e. The monoisotopic (exact) mass is 507 g/mol. The zero-order valence-corrected chi connectivity index (χ0v) is 20.4. The van der Waals surface area contributed by atoms with Crippen molar-refractivity contribution in [1.29, 1.82) is 0 Å². The summed E-state index contributed by atoms with van der Waals surface area (Å²) in [5.74, 6) is 0.537. The van der Waals surface area contributed by atoms with Gasteiger partial charge in [-0.25, -0.2) is 4.98 Å². The number of pyridine rings is 1. The van der Waals surface area contributed by atoms with Crippen molar-refractivity contribution in [2.45, 2.75) is 0 Å². The van der Waals surface area contributed by atoms with Crippen LogP contribution < -0.4 is 9.80 Å². The summed E-state index contributed by atoms with van der Waals surface area (Å²) in [5.41, 5.74) is 2.56. The van der Waals surface area contributed by atoms with Crippen LogP contribution in [-0.4, -0.2) is 66.7 Å². The maximum Gasteiger partial charge on any atom is 0.249 e. The van der Waals surface area contributed by atoms with Gasteiger partial charge in [0.25, 0.3) is 0 Å².